The fraction of sp³-hybridized carbons (Fsp3) is 0.522. The number of alkyl halides is 6. The molecule has 3 aliphatic rings. The topological polar surface area (TPSA) is 50.5 Å². The van der Waals surface area contributed by atoms with E-state index < -0.39 is 35.2 Å². The summed E-state index contributed by atoms with van der Waals surface area (Å²) in [5.41, 5.74) is -1.85. The Labute approximate surface area is 191 Å². The highest BCUT2D eigenvalue weighted by molar-refractivity contribution is 5.91. The molecule has 2 aliphatic carbocycles. The molecule has 0 N–H and O–H groups in total. The quantitative estimate of drug-likeness (QED) is 0.554. The van der Waals surface area contributed by atoms with Crippen LogP contribution in [0.2, 0.25) is 0 Å². The van der Waals surface area contributed by atoms with Gasteiger partial charge in [-0.15, -0.1) is 10.2 Å². The highest BCUT2D eigenvalue weighted by atomic mass is 19.4. The fourth-order valence-corrected chi connectivity index (χ4v) is 5.92. The first-order chi connectivity index (χ1) is 15.9. The number of carbonyl (C=O) groups excluding carboxylic acids is 1. The minimum absolute atomic E-state index is 0.0314. The van der Waals surface area contributed by atoms with Crippen LogP contribution >= 0.6 is 0 Å². The molecule has 2 aromatic heterocycles. The van der Waals surface area contributed by atoms with Crippen molar-refractivity contribution < 1.29 is 31.1 Å². The first-order valence-electron chi connectivity index (χ1n) is 11.0. The summed E-state index contributed by atoms with van der Waals surface area (Å²) in [6.07, 6.45) is -1.05. The molecule has 0 spiro atoms. The summed E-state index contributed by atoms with van der Waals surface area (Å²) < 4.78 is 81.5. The number of aromatic nitrogens is 3. The number of hydrogen-bond donors (Lipinski definition) is 0. The SMILES string of the molecule is CC1([C@@H]2C[C@@H]3CN(C(=O)c4nnc5ccc(C(F)(F)F)cn45)C[C@@H]3C2)C=CC=CC1C(F)(F)F. The number of nitrogens with zero attached hydrogens (tertiary/aromatic N) is 4. The van der Waals surface area contributed by atoms with Gasteiger partial charge in [0.1, 0.15) is 0 Å². The average Bonchev–Trinajstić information content (AvgIpc) is 3.44. The lowest BCUT2D eigenvalue weighted by Crippen LogP contribution is -2.42. The first kappa shape index (κ1) is 22.9. The van der Waals surface area contributed by atoms with Crippen molar-refractivity contribution >= 4 is 11.6 Å². The summed E-state index contributed by atoms with van der Waals surface area (Å²) in [7, 11) is 0. The summed E-state index contributed by atoms with van der Waals surface area (Å²) >= 11 is 0. The smallest absolute Gasteiger partial charge is 0.335 e. The Morgan fingerprint density at radius 1 is 1.03 bits per heavy atom. The molecule has 0 bridgehead atoms. The highest BCUT2D eigenvalue weighted by Gasteiger charge is 2.56. The summed E-state index contributed by atoms with van der Waals surface area (Å²) in [4.78, 5) is 14.6. The predicted molar refractivity (Wildman–Crippen MR) is 110 cm³/mol. The van der Waals surface area contributed by atoms with Crippen molar-refractivity contribution in [3.63, 3.8) is 0 Å². The normalized spacial score (nSPS) is 31.4. The Bertz CT molecular complexity index is 1170. The summed E-state index contributed by atoms with van der Waals surface area (Å²) in [6.45, 7) is 2.32. The van der Waals surface area contributed by atoms with Crippen molar-refractivity contribution in [3.8, 4) is 0 Å². The van der Waals surface area contributed by atoms with Gasteiger partial charge in [0.05, 0.1) is 11.5 Å². The molecule has 0 aromatic carbocycles. The van der Waals surface area contributed by atoms with E-state index in [1.165, 1.54) is 17.1 Å². The maximum Gasteiger partial charge on any atom is 0.417 e. The Hall–Kier alpha value is -2.85. The largest absolute Gasteiger partial charge is 0.417 e. The third-order valence-corrected chi connectivity index (χ3v) is 7.73. The van der Waals surface area contributed by atoms with Gasteiger partial charge in [0, 0.05) is 24.7 Å². The number of allylic oxidation sites excluding steroid dienone is 4. The molecule has 5 nitrogen and oxygen atoms in total. The van der Waals surface area contributed by atoms with Gasteiger partial charge in [-0.1, -0.05) is 31.2 Å². The molecule has 2 aromatic rings. The molecular formula is C23H22F6N4O. The van der Waals surface area contributed by atoms with Crippen LogP contribution in [0, 0.1) is 29.1 Å². The Balaban J connectivity index is 1.33. The summed E-state index contributed by atoms with van der Waals surface area (Å²) in [6, 6.07) is 2.03. The van der Waals surface area contributed by atoms with Gasteiger partial charge >= 0.3 is 12.4 Å². The third-order valence-electron chi connectivity index (χ3n) is 7.73. The Morgan fingerprint density at radius 2 is 1.71 bits per heavy atom. The van der Waals surface area contributed by atoms with Crippen LogP contribution in [-0.2, 0) is 6.18 Å². The maximum atomic E-state index is 13.7. The van der Waals surface area contributed by atoms with Crippen molar-refractivity contribution in [3.05, 3.63) is 54.0 Å². The van der Waals surface area contributed by atoms with Gasteiger partial charge in [-0.2, -0.15) is 26.3 Å². The number of pyridine rings is 1. The van der Waals surface area contributed by atoms with Crippen molar-refractivity contribution in [2.24, 2.45) is 29.1 Å². The molecule has 5 rings (SSSR count). The van der Waals surface area contributed by atoms with Gasteiger partial charge < -0.3 is 4.90 Å². The van der Waals surface area contributed by atoms with Crippen molar-refractivity contribution in [2.45, 2.75) is 32.1 Å². The molecule has 0 radical (unpaired) electrons. The predicted octanol–water partition coefficient (Wildman–Crippen LogP) is 5.16. The number of hydrogen-bond acceptors (Lipinski definition) is 3. The van der Waals surface area contributed by atoms with Crippen LogP contribution < -0.4 is 0 Å². The van der Waals surface area contributed by atoms with Gasteiger partial charge in [-0.3, -0.25) is 9.20 Å². The molecule has 2 unspecified atom stereocenters. The monoisotopic (exact) mass is 484 g/mol. The zero-order valence-corrected chi connectivity index (χ0v) is 18.1. The van der Waals surface area contributed by atoms with E-state index in [4.69, 9.17) is 0 Å². The second kappa shape index (κ2) is 7.58. The summed E-state index contributed by atoms with van der Waals surface area (Å²) in [5.74, 6) is -2.42. The standard InChI is InChI=1S/C23H22F6N4O/c1-21(7-3-2-4-17(21)23(27,28)29)16-8-13-10-32(11-14(13)9-16)20(34)19-31-30-18-6-5-15(12-33(18)19)22(24,25)26/h2-7,12-14,16-17H,8-11H2,1H3/t13-,14+,16-,17?,21?. The van der Waals surface area contributed by atoms with Crippen LogP contribution in [0.4, 0.5) is 26.3 Å². The molecule has 2 fully saturated rings. The van der Waals surface area contributed by atoms with Crippen molar-refractivity contribution in [1.29, 1.82) is 0 Å². The third kappa shape index (κ3) is 3.69. The number of likely N-dealkylation sites (tertiary alicyclic amines) is 1. The van der Waals surface area contributed by atoms with Crippen LogP contribution in [0.1, 0.15) is 35.9 Å². The van der Waals surface area contributed by atoms with E-state index in [1.54, 1.807) is 19.1 Å². The number of carbonyl (C=O) groups is 1. The molecule has 1 aliphatic heterocycles. The lowest BCUT2D eigenvalue weighted by atomic mass is 9.64. The molecule has 11 heteroatoms. The zero-order valence-electron chi connectivity index (χ0n) is 18.1. The number of amides is 1. The molecule has 1 saturated carbocycles. The molecule has 1 saturated heterocycles. The maximum absolute atomic E-state index is 13.7. The van der Waals surface area contributed by atoms with Crippen molar-refractivity contribution in [2.75, 3.05) is 13.1 Å². The van der Waals surface area contributed by atoms with E-state index in [0.717, 1.165) is 22.7 Å². The van der Waals surface area contributed by atoms with Gasteiger partial charge in [-0.05, 0) is 42.7 Å². The van der Waals surface area contributed by atoms with Gasteiger partial charge in [0.25, 0.3) is 5.91 Å². The van der Waals surface area contributed by atoms with E-state index in [9.17, 15) is 31.1 Å². The van der Waals surface area contributed by atoms with E-state index >= 15 is 0 Å². The molecule has 1 amide bonds. The van der Waals surface area contributed by atoms with Crippen LogP contribution in [0.3, 0.4) is 0 Å². The van der Waals surface area contributed by atoms with Gasteiger partial charge in [0.15, 0.2) is 5.65 Å². The van der Waals surface area contributed by atoms with E-state index in [-0.39, 0.29) is 29.2 Å². The number of halogens is 6. The van der Waals surface area contributed by atoms with Gasteiger partial charge in [-0.25, -0.2) is 0 Å². The molecule has 182 valence electrons. The Morgan fingerprint density at radius 3 is 2.32 bits per heavy atom. The minimum atomic E-state index is -4.58. The van der Waals surface area contributed by atoms with Crippen LogP contribution in [0.25, 0.3) is 5.65 Å². The van der Waals surface area contributed by atoms with Crippen molar-refractivity contribution in [1.82, 2.24) is 19.5 Å². The summed E-state index contributed by atoms with van der Waals surface area (Å²) in [5, 5.41) is 7.60. The second-order valence-corrected chi connectivity index (χ2v) is 9.70. The van der Waals surface area contributed by atoms with E-state index in [1.807, 2.05) is 0 Å². The molecule has 34 heavy (non-hydrogen) atoms. The lowest BCUT2D eigenvalue weighted by molar-refractivity contribution is -0.190. The zero-order chi connectivity index (χ0) is 24.5. The lowest BCUT2D eigenvalue weighted by Gasteiger charge is -2.41. The molecule has 5 atom stereocenters. The second-order valence-electron chi connectivity index (χ2n) is 9.70. The number of rotatable bonds is 2. The average molecular weight is 484 g/mol. The van der Waals surface area contributed by atoms with Crippen LogP contribution in [-0.4, -0.2) is 44.7 Å². The highest BCUT2D eigenvalue weighted by Crippen LogP contribution is 2.56. The molecule has 3 heterocycles. The van der Waals surface area contributed by atoms with E-state index in [0.29, 0.717) is 25.9 Å². The minimum Gasteiger partial charge on any atom is -0.335 e. The first-order valence-corrected chi connectivity index (χ1v) is 11.0. The Kier molecular flexibility index (Phi) is 5.11. The fourth-order valence-electron chi connectivity index (χ4n) is 5.92. The number of fused-ring (bicyclic) bond motifs is 2. The van der Waals surface area contributed by atoms with Gasteiger partial charge in [0.2, 0.25) is 5.82 Å². The van der Waals surface area contributed by atoms with Crippen LogP contribution in [0.15, 0.2) is 42.6 Å². The van der Waals surface area contributed by atoms with Crippen LogP contribution in [0.5, 0.6) is 0 Å². The molecular weight excluding hydrogens is 462 g/mol. The van der Waals surface area contributed by atoms with E-state index in [2.05, 4.69) is 10.2 Å².